The fraction of sp³-hybridized carbons (Fsp3) is 0.533. The summed E-state index contributed by atoms with van der Waals surface area (Å²) in [4.78, 5) is 11.3. The van der Waals surface area contributed by atoms with Crippen molar-refractivity contribution in [3.8, 4) is 0 Å². The quantitative estimate of drug-likeness (QED) is 0.871. The normalized spacial score (nSPS) is 20.8. The first kappa shape index (κ1) is 13.1. The van der Waals surface area contributed by atoms with Crippen LogP contribution < -0.4 is 0 Å². The summed E-state index contributed by atoms with van der Waals surface area (Å²) in [7, 11) is 0. The molecule has 1 N–H and O–H groups in total. The highest BCUT2D eigenvalue weighted by molar-refractivity contribution is 5.70. The molecular weight excluding hydrogens is 228 g/mol. The van der Waals surface area contributed by atoms with Gasteiger partial charge in [0.05, 0.1) is 5.92 Å². The molecule has 1 aliphatic rings. The van der Waals surface area contributed by atoms with Crippen molar-refractivity contribution in [3.05, 3.63) is 35.4 Å². The molecule has 1 aromatic carbocycles. The van der Waals surface area contributed by atoms with E-state index in [1.807, 2.05) is 31.2 Å². The first-order valence-electron chi connectivity index (χ1n) is 6.51. The number of carboxylic acids is 1. The van der Waals surface area contributed by atoms with Crippen LogP contribution in [0.25, 0.3) is 0 Å². The summed E-state index contributed by atoms with van der Waals surface area (Å²) in [5, 5.41) is 9.31. The molecule has 1 fully saturated rings. The Bertz CT molecular complexity index is 391. The second kappa shape index (κ2) is 6.01. The van der Waals surface area contributed by atoms with E-state index in [-0.39, 0.29) is 5.92 Å². The van der Waals surface area contributed by atoms with Crippen LogP contribution in [0.4, 0.5) is 0 Å². The van der Waals surface area contributed by atoms with Crippen molar-refractivity contribution in [2.75, 3.05) is 13.2 Å². The molecule has 0 radical (unpaired) electrons. The minimum atomic E-state index is -0.692. The van der Waals surface area contributed by atoms with E-state index < -0.39 is 5.97 Å². The maximum Gasteiger partial charge on any atom is 0.306 e. The van der Waals surface area contributed by atoms with Gasteiger partial charge in [-0.2, -0.15) is 0 Å². The maximum atomic E-state index is 11.3. The standard InChI is InChI=1S/C15H20O3/c1-11-2-4-12(5-3-11)8-14(15(16)17)9-13-6-7-18-10-13/h2-5,13-14H,6-10H2,1H3,(H,16,17). The predicted octanol–water partition coefficient (Wildman–Crippen LogP) is 2.66. The lowest BCUT2D eigenvalue weighted by atomic mass is 9.89. The average molecular weight is 248 g/mol. The van der Waals surface area contributed by atoms with E-state index >= 15 is 0 Å². The third-order valence-corrected chi connectivity index (χ3v) is 3.59. The summed E-state index contributed by atoms with van der Waals surface area (Å²) in [6.07, 6.45) is 2.34. The zero-order valence-electron chi connectivity index (χ0n) is 10.8. The molecule has 2 unspecified atom stereocenters. The van der Waals surface area contributed by atoms with Crippen LogP contribution in [0, 0.1) is 18.8 Å². The molecule has 0 bridgehead atoms. The number of hydrogen-bond donors (Lipinski definition) is 1. The van der Waals surface area contributed by atoms with Crippen molar-refractivity contribution in [2.45, 2.75) is 26.2 Å². The Morgan fingerprint density at radius 2 is 2.17 bits per heavy atom. The molecule has 0 spiro atoms. The summed E-state index contributed by atoms with van der Waals surface area (Å²) in [6, 6.07) is 8.12. The molecule has 1 heterocycles. The molecule has 0 aromatic heterocycles. The van der Waals surface area contributed by atoms with Gasteiger partial charge in [-0.15, -0.1) is 0 Å². The Labute approximate surface area is 108 Å². The molecule has 98 valence electrons. The van der Waals surface area contributed by atoms with Gasteiger partial charge < -0.3 is 9.84 Å². The van der Waals surface area contributed by atoms with Gasteiger partial charge in [0, 0.05) is 13.2 Å². The number of hydrogen-bond acceptors (Lipinski definition) is 2. The van der Waals surface area contributed by atoms with Gasteiger partial charge in [-0.05, 0) is 37.7 Å². The summed E-state index contributed by atoms with van der Waals surface area (Å²) in [5.74, 6) is -0.571. The van der Waals surface area contributed by atoms with Crippen LogP contribution in [0.3, 0.4) is 0 Å². The first-order chi connectivity index (χ1) is 8.65. The summed E-state index contributed by atoms with van der Waals surface area (Å²) >= 11 is 0. The largest absolute Gasteiger partial charge is 0.481 e. The lowest BCUT2D eigenvalue weighted by Crippen LogP contribution is -2.20. The van der Waals surface area contributed by atoms with E-state index in [0.29, 0.717) is 12.3 Å². The molecule has 3 heteroatoms. The van der Waals surface area contributed by atoms with Crippen molar-refractivity contribution in [3.63, 3.8) is 0 Å². The van der Waals surface area contributed by atoms with Gasteiger partial charge in [0.1, 0.15) is 0 Å². The van der Waals surface area contributed by atoms with Gasteiger partial charge in [0.25, 0.3) is 0 Å². The Morgan fingerprint density at radius 3 is 2.72 bits per heavy atom. The lowest BCUT2D eigenvalue weighted by molar-refractivity contribution is -0.142. The minimum absolute atomic E-state index is 0.292. The van der Waals surface area contributed by atoms with Gasteiger partial charge in [-0.25, -0.2) is 0 Å². The Kier molecular flexibility index (Phi) is 4.37. The molecule has 2 rings (SSSR count). The molecule has 0 saturated carbocycles. The highest BCUT2D eigenvalue weighted by atomic mass is 16.5. The highest BCUT2D eigenvalue weighted by Crippen LogP contribution is 2.24. The number of benzene rings is 1. The molecule has 0 aliphatic carbocycles. The Hall–Kier alpha value is -1.35. The number of carboxylic acid groups (broad SMARTS) is 1. The Morgan fingerprint density at radius 1 is 1.44 bits per heavy atom. The second-order valence-electron chi connectivity index (χ2n) is 5.19. The zero-order chi connectivity index (χ0) is 13.0. The van der Waals surface area contributed by atoms with Crippen molar-refractivity contribution >= 4 is 5.97 Å². The van der Waals surface area contributed by atoms with Crippen LogP contribution in [-0.2, 0) is 16.0 Å². The molecule has 0 amide bonds. The van der Waals surface area contributed by atoms with E-state index in [0.717, 1.165) is 31.6 Å². The second-order valence-corrected chi connectivity index (χ2v) is 5.19. The maximum absolute atomic E-state index is 11.3. The molecule has 3 nitrogen and oxygen atoms in total. The van der Waals surface area contributed by atoms with Crippen LogP contribution in [0.15, 0.2) is 24.3 Å². The van der Waals surface area contributed by atoms with Crippen LogP contribution in [-0.4, -0.2) is 24.3 Å². The van der Waals surface area contributed by atoms with Crippen LogP contribution >= 0.6 is 0 Å². The number of rotatable bonds is 5. The minimum Gasteiger partial charge on any atom is -0.481 e. The van der Waals surface area contributed by atoms with Gasteiger partial charge >= 0.3 is 5.97 Å². The average Bonchev–Trinajstić information content (AvgIpc) is 2.84. The van der Waals surface area contributed by atoms with E-state index in [2.05, 4.69) is 0 Å². The van der Waals surface area contributed by atoms with E-state index in [4.69, 9.17) is 4.74 Å². The summed E-state index contributed by atoms with van der Waals surface area (Å²) < 4.78 is 5.31. The summed E-state index contributed by atoms with van der Waals surface area (Å²) in [5.41, 5.74) is 2.31. The van der Waals surface area contributed by atoms with Crippen LogP contribution in [0.2, 0.25) is 0 Å². The third-order valence-electron chi connectivity index (χ3n) is 3.59. The summed E-state index contributed by atoms with van der Waals surface area (Å²) in [6.45, 7) is 3.54. The van der Waals surface area contributed by atoms with Gasteiger partial charge in [-0.1, -0.05) is 29.8 Å². The molecule has 1 aromatic rings. The highest BCUT2D eigenvalue weighted by Gasteiger charge is 2.25. The predicted molar refractivity (Wildman–Crippen MR) is 69.6 cm³/mol. The monoisotopic (exact) mass is 248 g/mol. The van der Waals surface area contributed by atoms with Crippen molar-refractivity contribution in [2.24, 2.45) is 11.8 Å². The van der Waals surface area contributed by atoms with Gasteiger partial charge in [0.15, 0.2) is 0 Å². The van der Waals surface area contributed by atoms with E-state index in [9.17, 15) is 9.90 Å². The Balaban J connectivity index is 1.97. The number of aliphatic carboxylic acids is 1. The van der Waals surface area contributed by atoms with E-state index in [1.165, 1.54) is 5.56 Å². The third kappa shape index (κ3) is 3.57. The van der Waals surface area contributed by atoms with Crippen molar-refractivity contribution in [1.29, 1.82) is 0 Å². The van der Waals surface area contributed by atoms with Gasteiger partial charge in [0.2, 0.25) is 0 Å². The van der Waals surface area contributed by atoms with Crippen LogP contribution in [0.1, 0.15) is 24.0 Å². The van der Waals surface area contributed by atoms with Crippen molar-refractivity contribution in [1.82, 2.24) is 0 Å². The number of aryl methyl sites for hydroxylation is 1. The molecule has 1 aliphatic heterocycles. The molecule has 2 atom stereocenters. The van der Waals surface area contributed by atoms with Gasteiger partial charge in [-0.3, -0.25) is 4.79 Å². The smallest absolute Gasteiger partial charge is 0.306 e. The van der Waals surface area contributed by atoms with E-state index in [1.54, 1.807) is 0 Å². The SMILES string of the molecule is Cc1ccc(CC(CC2CCOC2)C(=O)O)cc1. The topological polar surface area (TPSA) is 46.5 Å². The van der Waals surface area contributed by atoms with Crippen molar-refractivity contribution < 1.29 is 14.6 Å². The fourth-order valence-electron chi connectivity index (χ4n) is 2.45. The fourth-order valence-corrected chi connectivity index (χ4v) is 2.45. The zero-order valence-corrected chi connectivity index (χ0v) is 10.8. The lowest BCUT2D eigenvalue weighted by Gasteiger charge is -2.16. The molecule has 18 heavy (non-hydrogen) atoms. The van der Waals surface area contributed by atoms with Crippen LogP contribution in [0.5, 0.6) is 0 Å². The molecular formula is C15H20O3. The molecule has 1 saturated heterocycles. The first-order valence-corrected chi connectivity index (χ1v) is 6.51. The number of carbonyl (C=O) groups is 1. The number of ether oxygens (including phenoxy) is 1.